The number of carbonyl (C=O) groups is 2. The first kappa shape index (κ1) is 13.7. The summed E-state index contributed by atoms with van der Waals surface area (Å²) in [5.41, 5.74) is 0. The molecule has 16 heavy (non-hydrogen) atoms. The predicted molar refractivity (Wildman–Crippen MR) is 57.7 cm³/mol. The molecule has 0 aliphatic carbocycles. The first-order valence-electron chi connectivity index (χ1n) is 4.48. The summed E-state index contributed by atoms with van der Waals surface area (Å²) in [6.45, 7) is 2.71. The van der Waals surface area contributed by atoms with E-state index in [9.17, 15) is 18.0 Å². The maximum absolute atomic E-state index is 11.9. The number of carboxylic acid groups (broad SMARTS) is 1. The number of nitrogens with zero attached hydrogens (tertiary/aromatic N) is 1. The zero-order chi connectivity index (χ0) is 11.6. The Morgan fingerprint density at radius 2 is 2.06 bits per heavy atom. The van der Waals surface area contributed by atoms with E-state index in [-0.39, 0.29) is 32.3 Å². The zero-order valence-electron chi connectivity index (χ0n) is 11.0. The molecule has 2 heterocycles. The summed E-state index contributed by atoms with van der Waals surface area (Å²) in [4.78, 5) is 23.2. The SMILES string of the molecule is CC1(C)[C@H](C(=O)O)N2C(=O)C[C@H]2S1(=O)=O.[H-].[H-].[Mg+2]. The van der Waals surface area contributed by atoms with Gasteiger partial charge in [0.1, 0.15) is 11.4 Å². The third-order valence-electron chi connectivity index (χ3n) is 3.21. The Morgan fingerprint density at radius 3 is 2.38 bits per heavy atom. The first-order chi connectivity index (χ1) is 6.71. The van der Waals surface area contributed by atoms with E-state index in [1.54, 1.807) is 0 Å². The molecule has 6 nitrogen and oxygen atoms in total. The van der Waals surface area contributed by atoms with Crippen molar-refractivity contribution in [3.63, 3.8) is 0 Å². The van der Waals surface area contributed by atoms with Crippen LogP contribution in [0.25, 0.3) is 0 Å². The van der Waals surface area contributed by atoms with Crippen molar-refractivity contribution >= 4 is 44.8 Å². The van der Waals surface area contributed by atoms with Gasteiger partial charge in [0.05, 0.1) is 11.2 Å². The van der Waals surface area contributed by atoms with Crippen LogP contribution in [0.3, 0.4) is 0 Å². The van der Waals surface area contributed by atoms with Crippen LogP contribution in [0, 0.1) is 0 Å². The molecule has 0 bridgehead atoms. The molecule has 2 fully saturated rings. The fraction of sp³-hybridized carbons (Fsp3) is 0.750. The third kappa shape index (κ3) is 1.32. The molecule has 0 aromatic rings. The van der Waals surface area contributed by atoms with Crippen molar-refractivity contribution < 1.29 is 26.0 Å². The fourth-order valence-electron chi connectivity index (χ4n) is 2.23. The Morgan fingerprint density at radius 1 is 1.56 bits per heavy atom. The smallest absolute Gasteiger partial charge is 1.00 e. The van der Waals surface area contributed by atoms with Gasteiger partial charge in [-0.15, -0.1) is 0 Å². The molecule has 0 saturated carbocycles. The number of fused-ring (bicyclic) bond motifs is 1. The molecule has 2 atom stereocenters. The molecule has 8 heteroatoms. The number of amides is 1. The molecule has 2 rings (SSSR count). The van der Waals surface area contributed by atoms with E-state index in [4.69, 9.17) is 5.11 Å². The number of β-lactam (4-membered cyclic amide) rings is 1. The normalized spacial score (nSPS) is 33.6. The van der Waals surface area contributed by atoms with Crippen molar-refractivity contribution in [2.45, 2.75) is 36.4 Å². The van der Waals surface area contributed by atoms with Gasteiger partial charge in [0, 0.05) is 0 Å². The summed E-state index contributed by atoms with van der Waals surface area (Å²) >= 11 is 0. The minimum atomic E-state index is -3.57. The number of hydrogen-bond acceptors (Lipinski definition) is 4. The number of carbonyl (C=O) groups excluding carboxylic acids is 1. The van der Waals surface area contributed by atoms with Gasteiger partial charge in [-0.3, -0.25) is 4.79 Å². The van der Waals surface area contributed by atoms with E-state index >= 15 is 0 Å². The Labute approximate surface area is 112 Å². The number of hydrogen-bond donors (Lipinski definition) is 1. The van der Waals surface area contributed by atoms with Crippen LogP contribution in [0.4, 0.5) is 0 Å². The molecule has 0 aromatic heterocycles. The van der Waals surface area contributed by atoms with Crippen molar-refractivity contribution in [3.8, 4) is 0 Å². The van der Waals surface area contributed by atoms with E-state index in [1.807, 2.05) is 0 Å². The molecule has 0 radical (unpaired) electrons. The van der Waals surface area contributed by atoms with E-state index in [1.165, 1.54) is 13.8 Å². The van der Waals surface area contributed by atoms with Gasteiger partial charge in [0.15, 0.2) is 9.84 Å². The van der Waals surface area contributed by atoms with Crippen LogP contribution in [-0.4, -0.2) is 69.5 Å². The summed E-state index contributed by atoms with van der Waals surface area (Å²) in [5, 5.41) is 8.03. The molecule has 2 aliphatic heterocycles. The standard InChI is InChI=1S/C8H11NO5S.Mg.2H/c1-8(2)6(7(11)12)9-4(10)3-5(9)15(8,13)14;;;/h5-6H,3H2,1-2H3,(H,11,12);;;/q;+2;2*-1/t5-,6+;;;/m1.../s1. The van der Waals surface area contributed by atoms with Gasteiger partial charge in [-0.2, -0.15) is 0 Å². The van der Waals surface area contributed by atoms with Gasteiger partial charge in [-0.1, -0.05) is 0 Å². The molecular formula is C8H13MgNO5S. The molecule has 0 spiro atoms. The van der Waals surface area contributed by atoms with Gasteiger partial charge in [0.2, 0.25) is 5.91 Å². The predicted octanol–water partition coefficient (Wildman–Crippen LogP) is -0.951. The van der Waals surface area contributed by atoms with Crippen LogP contribution in [0.2, 0.25) is 0 Å². The number of aliphatic carboxylic acids is 1. The van der Waals surface area contributed by atoms with Gasteiger partial charge < -0.3 is 12.9 Å². The number of rotatable bonds is 1. The molecule has 2 aliphatic rings. The molecule has 1 amide bonds. The number of sulfone groups is 1. The maximum Gasteiger partial charge on any atom is 2.00 e. The van der Waals surface area contributed by atoms with Gasteiger partial charge in [-0.05, 0) is 13.8 Å². The van der Waals surface area contributed by atoms with Crippen LogP contribution in [0.1, 0.15) is 23.1 Å². The fourth-order valence-corrected chi connectivity index (χ4v) is 4.36. The minimum Gasteiger partial charge on any atom is -1.00 e. The van der Waals surface area contributed by atoms with Crippen LogP contribution < -0.4 is 0 Å². The monoisotopic (exact) mass is 259 g/mol. The summed E-state index contributed by atoms with van der Waals surface area (Å²) in [5.74, 6) is -1.67. The van der Waals surface area contributed by atoms with Crippen molar-refractivity contribution in [1.29, 1.82) is 0 Å². The Kier molecular flexibility index (Phi) is 3.06. The van der Waals surface area contributed by atoms with Crippen LogP contribution in [0.15, 0.2) is 0 Å². The second-order valence-electron chi connectivity index (χ2n) is 4.35. The van der Waals surface area contributed by atoms with E-state index in [0.29, 0.717) is 0 Å². The Bertz CT molecular complexity index is 466. The van der Waals surface area contributed by atoms with Crippen LogP contribution in [0.5, 0.6) is 0 Å². The second kappa shape index (κ2) is 3.57. The average molecular weight is 260 g/mol. The first-order valence-corrected chi connectivity index (χ1v) is 6.03. The van der Waals surface area contributed by atoms with Crippen molar-refractivity contribution in [2.24, 2.45) is 0 Å². The topological polar surface area (TPSA) is 91.8 Å². The van der Waals surface area contributed by atoms with Gasteiger partial charge in [0.25, 0.3) is 0 Å². The van der Waals surface area contributed by atoms with Crippen LogP contribution in [-0.2, 0) is 19.4 Å². The Hall–Kier alpha value is -0.344. The third-order valence-corrected chi connectivity index (χ3v) is 6.01. The molecule has 0 unspecified atom stereocenters. The second-order valence-corrected chi connectivity index (χ2v) is 7.04. The van der Waals surface area contributed by atoms with E-state index in [0.717, 1.165) is 4.90 Å². The number of carboxylic acids is 1. The Balaban J connectivity index is 0. The largest absolute Gasteiger partial charge is 2.00 e. The van der Waals surface area contributed by atoms with Gasteiger partial charge in [-0.25, -0.2) is 13.2 Å². The molecule has 2 saturated heterocycles. The maximum atomic E-state index is 11.9. The average Bonchev–Trinajstić information content (AvgIpc) is 2.19. The summed E-state index contributed by atoms with van der Waals surface area (Å²) in [7, 11) is -3.57. The van der Waals surface area contributed by atoms with E-state index in [2.05, 4.69) is 0 Å². The summed E-state index contributed by atoms with van der Waals surface area (Å²) < 4.78 is 22.4. The van der Waals surface area contributed by atoms with Crippen molar-refractivity contribution in [1.82, 2.24) is 4.90 Å². The van der Waals surface area contributed by atoms with Gasteiger partial charge >= 0.3 is 29.0 Å². The molecule has 1 N–H and O–H groups in total. The summed E-state index contributed by atoms with van der Waals surface area (Å²) in [6, 6.07) is -1.26. The molecular weight excluding hydrogens is 246 g/mol. The zero-order valence-corrected chi connectivity index (χ0v) is 11.2. The van der Waals surface area contributed by atoms with Crippen molar-refractivity contribution in [3.05, 3.63) is 0 Å². The van der Waals surface area contributed by atoms with Crippen molar-refractivity contribution in [2.75, 3.05) is 0 Å². The van der Waals surface area contributed by atoms with Crippen LogP contribution >= 0.6 is 0 Å². The molecule has 88 valence electrons. The minimum absolute atomic E-state index is 0. The van der Waals surface area contributed by atoms with E-state index < -0.39 is 37.9 Å². The quantitative estimate of drug-likeness (QED) is 0.484. The summed E-state index contributed by atoms with van der Waals surface area (Å²) in [6.07, 6.45) is -0.0878. The molecule has 0 aromatic carbocycles.